The van der Waals surface area contributed by atoms with Crippen molar-refractivity contribution in [1.82, 2.24) is 0 Å². The van der Waals surface area contributed by atoms with Crippen LogP contribution in [0.3, 0.4) is 0 Å². The first kappa shape index (κ1) is 28.4. The number of hydrogen-bond acceptors (Lipinski definition) is 10. The minimum absolute atomic E-state index is 0.0303. The van der Waals surface area contributed by atoms with Crippen LogP contribution in [-0.2, 0) is 33.3 Å². The molecule has 1 aromatic rings. The molecule has 0 radical (unpaired) electrons. The number of ether oxygens (including phenoxy) is 4. The molecule has 1 aromatic heterocycles. The Hall–Kier alpha value is -2.69. The zero-order chi connectivity index (χ0) is 29.8. The second-order valence-electron chi connectivity index (χ2n) is 13.7. The summed E-state index contributed by atoms with van der Waals surface area (Å²) in [5, 5.41) is 25.4. The molecule has 0 spiro atoms. The third kappa shape index (κ3) is 3.44. The molecule has 4 heterocycles. The molecular weight excluding hydrogens is 532 g/mol. The number of carbonyl (C=O) groups excluding carboxylic acids is 3. The van der Waals surface area contributed by atoms with Gasteiger partial charge in [0, 0.05) is 28.7 Å². The fraction of sp³-hybridized carbons (Fsp3) is 0.710. The summed E-state index contributed by atoms with van der Waals surface area (Å²) in [6.07, 6.45) is 4.10. The van der Waals surface area contributed by atoms with E-state index in [0.717, 1.165) is 5.56 Å². The Kier molecular flexibility index (Phi) is 6.18. The molecule has 10 heteroatoms. The van der Waals surface area contributed by atoms with E-state index in [2.05, 4.69) is 6.92 Å². The fourth-order valence-corrected chi connectivity index (χ4v) is 9.13. The third-order valence-electron chi connectivity index (χ3n) is 11.5. The molecule has 3 aliphatic carbocycles. The van der Waals surface area contributed by atoms with Crippen molar-refractivity contribution in [2.75, 3.05) is 13.7 Å². The summed E-state index contributed by atoms with van der Waals surface area (Å²) in [5.41, 5.74) is -3.21. The van der Waals surface area contributed by atoms with E-state index in [-0.39, 0.29) is 25.9 Å². The molecule has 10 nitrogen and oxygen atoms in total. The smallest absolute Gasteiger partial charge is 0.308 e. The molecule has 10 atom stereocenters. The zero-order valence-electron chi connectivity index (χ0n) is 24.5. The summed E-state index contributed by atoms with van der Waals surface area (Å²) in [6, 6.07) is 1.78. The molecule has 224 valence electrons. The molecule has 4 bridgehead atoms. The van der Waals surface area contributed by atoms with Crippen LogP contribution in [-0.4, -0.2) is 59.3 Å². The monoisotopic (exact) mass is 572 g/mol. The molecule has 7 rings (SSSR count). The van der Waals surface area contributed by atoms with Crippen LogP contribution in [0.1, 0.15) is 72.0 Å². The quantitative estimate of drug-likeness (QED) is 0.306. The van der Waals surface area contributed by atoms with Crippen LogP contribution < -0.4 is 0 Å². The first-order chi connectivity index (χ1) is 19.2. The summed E-state index contributed by atoms with van der Waals surface area (Å²) in [6.45, 7) is 9.22. The second kappa shape index (κ2) is 8.91. The normalized spacial score (nSPS) is 46.2. The average molecular weight is 573 g/mol. The Balaban J connectivity index is 1.56. The molecule has 6 aliphatic rings. The maximum atomic E-state index is 13.1. The summed E-state index contributed by atoms with van der Waals surface area (Å²) < 4.78 is 28.7. The highest BCUT2D eigenvalue weighted by Gasteiger charge is 2.82. The topological polar surface area (TPSA) is 142 Å². The Morgan fingerprint density at radius 2 is 1.88 bits per heavy atom. The molecule has 0 amide bonds. The molecule has 10 unspecified atom stereocenters. The van der Waals surface area contributed by atoms with Gasteiger partial charge in [0.05, 0.1) is 55.5 Å². The first-order valence-corrected chi connectivity index (χ1v) is 14.5. The van der Waals surface area contributed by atoms with Gasteiger partial charge in [-0.05, 0) is 30.4 Å². The molecule has 2 saturated carbocycles. The van der Waals surface area contributed by atoms with Gasteiger partial charge in [-0.25, -0.2) is 0 Å². The van der Waals surface area contributed by atoms with Gasteiger partial charge in [0.15, 0.2) is 5.79 Å². The molecule has 41 heavy (non-hydrogen) atoms. The van der Waals surface area contributed by atoms with E-state index in [4.69, 9.17) is 23.4 Å². The predicted molar refractivity (Wildman–Crippen MR) is 141 cm³/mol. The number of hydrogen-bond donors (Lipinski definition) is 2. The van der Waals surface area contributed by atoms with Gasteiger partial charge < -0.3 is 33.6 Å². The van der Waals surface area contributed by atoms with Gasteiger partial charge in [-0.1, -0.05) is 40.7 Å². The Bertz CT molecular complexity index is 1300. The van der Waals surface area contributed by atoms with Crippen LogP contribution in [0, 0.1) is 39.9 Å². The van der Waals surface area contributed by atoms with Gasteiger partial charge in [0.1, 0.15) is 12.2 Å². The van der Waals surface area contributed by atoms with Crippen molar-refractivity contribution < 1.29 is 48.0 Å². The minimum atomic E-state index is -1.95. The van der Waals surface area contributed by atoms with E-state index in [0.29, 0.717) is 12.0 Å². The standard InChI is InChI=1S/C31H40O10/c1-16(2)26(34)41-25-20-11-19-18-12-23(33)40-24(17-7-10-38-14-17)27(18,3)8-9-30(19,35)29(5)21(13-22(32)37-6)28(25,4)15-39-31(20,29)36/h7,10-11,14,16,18,20-21,24-25,35-36H,8-9,12-13,15H2,1-6H3. The largest absolute Gasteiger partial charge is 0.472 e. The van der Waals surface area contributed by atoms with Gasteiger partial charge in [-0.2, -0.15) is 0 Å². The molecular formula is C31H40O10. The van der Waals surface area contributed by atoms with Crippen LogP contribution in [0.5, 0.6) is 0 Å². The number of cyclic esters (lactones) is 1. The number of fused-ring (bicyclic) bond motifs is 4. The van der Waals surface area contributed by atoms with Gasteiger partial charge in [-0.15, -0.1) is 0 Å². The lowest BCUT2D eigenvalue weighted by Crippen LogP contribution is -2.84. The van der Waals surface area contributed by atoms with Gasteiger partial charge in [0.25, 0.3) is 0 Å². The van der Waals surface area contributed by atoms with Crippen LogP contribution in [0.4, 0.5) is 0 Å². The van der Waals surface area contributed by atoms with Gasteiger partial charge in [0.2, 0.25) is 0 Å². The van der Waals surface area contributed by atoms with E-state index >= 15 is 0 Å². The predicted octanol–water partition coefficient (Wildman–Crippen LogP) is 3.46. The Morgan fingerprint density at radius 1 is 1.15 bits per heavy atom. The molecule has 3 saturated heterocycles. The van der Waals surface area contributed by atoms with Crippen LogP contribution >= 0.6 is 0 Å². The minimum Gasteiger partial charge on any atom is -0.472 e. The van der Waals surface area contributed by atoms with E-state index in [1.165, 1.54) is 13.4 Å². The summed E-state index contributed by atoms with van der Waals surface area (Å²) >= 11 is 0. The lowest BCUT2D eigenvalue weighted by molar-refractivity contribution is -0.445. The second-order valence-corrected chi connectivity index (χ2v) is 13.7. The maximum absolute atomic E-state index is 13.1. The summed E-state index contributed by atoms with van der Waals surface area (Å²) in [4.78, 5) is 39.0. The number of carbonyl (C=O) groups is 3. The Morgan fingerprint density at radius 3 is 2.51 bits per heavy atom. The zero-order valence-corrected chi connectivity index (χ0v) is 24.5. The van der Waals surface area contributed by atoms with E-state index < -0.39 is 81.4 Å². The summed E-state index contributed by atoms with van der Waals surface area (Å²) in [7, 11) is 1.30. The maximum Gasteiger partial charge on any atom is 0.308 e. The molecule has 5 fully saturated rings. The van der Waals surface area contributed by atoms with E-state index in [1.807, 2.05) is 6.92 Å². The van der Waals surface area contributed by atoms with Crippen molar-refractivity contribution in [2.24, 2.45) is 39.9 Å². The van der Waals surface area contributed by atoms with Crippen LogP contribution in [0.15, 0.2) is 34.7 Å². The Labute approximate surface area is 239 Å². The lowest BCUT2D eigenvalue weighted by atomic mass is 9.36. The van der Waals surface area contributed by atoms with E-state index in [1.54, 1.807) is 39.2 Å². The van der Waals surface area contributed by atoms with Crippen LogP contribution in [0.2, 0.25) is 0 Å². The fourth-order valence-electron chi connectivity index (χ4n) is 9.13. The van der Waals surface area contributed by atoms with Crippen molar-refractivity contribution >= 4 is 17.9 Å². The lowest BCUT2D eigenvalue weighted by Gasteiger charge is -2.75. The third-order valence-corrected chi connectivity index (χ3v) is 11.5. The van der Waals surface area contributed by atoms with Gasteiger partial charge >= 0.3 is 17.9 Å². The first-order valence-electron chi connectivity index (χ1n) is 14.5. The number of rotatable bonds is 5. The molecule has 0 aromatic carbocycles. The van der Waals surface area contributed by atoms with Crippen LogP contribution in [0.25, 0.3) is 0 Å². The number of esters is 3. The highest BCUT2D eigenvalue weighted by Crippen LogP contribution is 2.75. The van der Waals surface area contributed by atoms with Crippen molar-refractivity contribution in [2.45, 2.75) is 83.9 Å². The average Bonchev–Trinajstić information content (AvgIpc) is 3.46. The highest BCUT2D eigenvalue weighted by molar-refractivity contribution is 5.74. The number of furan rings is 1. The van der Waals surface area contributed by atoms with Crippen molar-refractivity contribution in [1.29, 1.82) is 0 Å². The molecule has 2 N–H and O–H groups in total. The number of aliphatic hydroxyl groups is 2. The highest BCUT2D eigenvalue weighted by atomic mass is 16.6. The number of methoxy groups -OCH3 is 1. The van der Waals surface area contributed by atoms with E-state index in [9.17, 15) is 24.6 Å². The SMILES string of the molecule is COC(=O)CC1C2(C)COC3(O)C(C=C4C5CC(=O)OC(c6ccoc6)C5(C)CCC4(O)C13C)C2OC(=O)C(C)C. The summed E-state index contributed by atoms with van der Waals surface area (Å²) in [5.74, 6) is -5.67. The van der Waals surface area contributed by atoms with Crippen molar-refractivity contribution in [3.05, 3.63) is 35.8 Å². The van der Waals surface area contributed by atoms with Gasteiger partial charge in [-0.3, -0.25) is 14.4 Å². The van der Waals surface area contributed by atoms with Crippen molar-refractivity contribution in [3.8, 4) is 0 Å². The van der Waals surface area contributed by atoms with Crippen molar-refractivity contribution in [3.63, 3.8) is 0 Å². The molecule has 3 aliphatic heterocycles.